The number of nitrogens with zero attached hydrogens (tertiary/aromatic N) is 1. The van der Waals surface area contributed by atoms with Gasteiger partial charge in [-0.25, -0.2) is 0 Å². The molecular weight excluding hydrogens is 250 g/mol. The number of rotatable bonds is 4. The van der Waals surface area contributed by atoms with Crippen molar-refractivity contribution in [1.29, 1.82) is 0 Å². The molecule has 1 aliphatic carbocycles. The first-order valence-electron chi connectivity index (χ1n) is 8.61. The lowest BCUT2D eigenvalue weighted by molar-refractivity contribution is -0.139. The molecule has 20 heavy (non-hydrogen) atoms. The fraction of sp³-hybridized carbons (Fsp3) is 0.941. The van der Waals surface area contributed by atoms with Crippen LogP contribution in [-0.4, -0.2) is 34.6 Å². The van der Waals surface area contributed by atoms with Crippen LogP contribution < -0.4 is 0 Å². The molecule has 0 aromatic rings. The lowest BCUT2D eigenvalue weighted by atomic mass is 9.78. The van der Waals surface area contributed by atoms with Crippen molar-refractivity contribution in [3.8, 4) is 0 Å². The van der Waals surface area contributed by atoms with Crippen molar-refractivity contribution in [2.75, 3.05) is 6.54 Å². The largest absolute Gasteiger partial charge is 0.393 e. The molecule has 0 aromatic carbocycles. The van der Waals surface area contributed by atoms with Crippen molar-refractivity contribution < 1.29 is 9.90 Å². The van der Waals surface area contributed by atoms with Crippen LogP contribution >= 0.6 is 0 Å². The molecule has 1 amide bonds. The molecule has 1 saturated carbocycles. The van der Waals surface area contributed by atoms with E-state index in [0.717, 1.165) is 45.1 Å². The van der Waals surface area contributed by atoms with Crippen LogP contribution in [0.4, 0.5) is 0 Å². The summed E-state index contributed by atoms with van der Waals surface area (Å²) in [6, 6.07) is 0.301. The summed E-state index contributed by atoms with van der Waals surface area (Å²) in [5, 5.41) is 10.3. The van der Waals surface area contributed by atoms with Crippen molar-refractivity contribution in [2.24, 2.45) is 11.8 Å². The first-order valence-corrected chi connectivity index (χ1v) is 8.61. The summed E-state index contributed by atoms with van der Waals surface area (Å²) < 4.78 is 0. The Balaban J connectivity index is 2.02. The molecule has 0 radical (unpaired) electrons. The van der Waals surface area contributed by atoms with E-state index < -0.39 is 0 Å². The maximum Gasteiger partial charge on any atom is 0.223 e. The molecule has 0 bridgehead atoms. The van der Waals surface area contributed by atoms with Crippen LogP contribution in [0.5, 0.6) is 0 Å². The Morgan fingerprint density at radius 3 is 2.60 bits per heavy atom. The molecule has 1 N–H and O–H groups in total. The molecule has 2 aliphatic rings. The predicted octanol–water partition coefficient (Wildman–Crippen LogP) is 3.35. The number of piperidine rings is 1. The van der Waals surface area contributed by atoms with Gasteiger partial charge in [0.2, 0.25) is 5.91 Å². The lowest BCUT2D eigenvalue weighted by Gasteiger charge is -2.44. The molecule has 1 heterocycles. The second-order valence-electron chi connectivity index (χ2n) is 6.88. The highest BCUT2D eigenvalue weighted by Crippen LogP contribution is 2.34. The predicted molar refractivity (Wildman–Crippen MR) is 81.4 cm³/mol. The standard InChI is InChI=1S/C17H31NO2/c1-3-13(2)12-17(20)18-11-7-6-9-15(18)14-8-4-5-10-16(14)19/h13-16,19H,3-12H2,1-2H3. The summed E-state index contributed by atoms with van der Waals surface area (Å²) in [5.74, 6) is 1.12. The average Bonchev–Trinajstić information content (AvgIpc) is 2.47. The SMILES string of the molecule is CCC(C)CC(=O)N1CCCCC1C1CCCCC1O. The third-order valence-corrected chi connectivity index (χ3v) is 5.37. The number of aliphatic hydroxyl groups is 1. The van der Waals surface area contributed by atoms with Gasteiger partial charge in [-0.3, -0.25) is 4.79 Å². The van der Waals surface area contributed by atoms with Crippen molar-refractivity contribution in [1.82, 2.24) is 4.90 Å². The fourth-order valence-electron chi connectivity index (χ4n) is 3.86. The van der Waals surface area contributed by atoms with E-state index in [1.807, 2.05) is 0 Å². The minimum Gasteiger partial charge on any atom is -0.393 e. The van der Waals surface area contributed by atoms with Gasteiger partial charge < -0.3 is 10.0 Å². The summed E-state index contributed by atoms with van der Waals surface area (Å²) in [4.78, 5) is 14.7. The summed E-state index contributed by atoms with van der Waals surface area (Å²) in [6.07, 6.45) is 9.36. The molecule has 0 spiro atoms. The summed E-state index contributed by atoms with van der Waals surface area (Å²) in [5.41, 5.74) is 0. The quantitative estimate of drug-likeness (QED) is 0.858. The number of amides is 1. The minimum atomic E-state index is -0.189. The van der Waals surface area contributed by atoms with Crippen LogP contribution in [0.25, 0.3) is 0 Å². The van der Waals surface area contributed by atoms with E-state index in [2.05, 4.69) is 18.7 Å². The molecule has 0 aromatic heterocycles. The molecule has 3 nitrogen and oxygen atoms in total. The van der Waals surface area contributed by atoms with Gasteiger partial charge in [0, 0.05) is 24.9 Å². The molecule has 3 heteroatoms. The van der Waals surface area contributed by atoms with Gasteiger partial charge in [-0.15, -0.1) is 0 Å². The van der Waals surface area contributed by atoms with Crippen LogP contribution in [-0.2, 0) is 4.79 Å². The highest BCUT2D eigenvalue weighted by Gasteiger charge is 2.37. The Kier molecular flexibility index (Phi) is 5.88. The minimum absolute atomic E-state index is 0.189. The first-order chi connectivity index (χ1) is 9.63. The van der Waals surface area contributed by atoms with E-state index in [9.17, 15) is 9.90 Å². The Morgan fingerprint density at radius 2 is 1.90 bits per heavy atom. The summed E-state index contributed by atoms with van der Waals surface area (Å²) in [7, 11) is 0. The molecule has 2 rings (SSSR count). The van der Waals surface area contributed by atoms with E-state index in [0.29, 0.717) is 30.2 Å². The van der Waals surface area contributed by atoms with Crippen LogP contribution in [0.2, 0.25) is 0 Å². The number of aliphatic hydroxyl groups excluding tert-OH is 1. The van der Waals surface area contributed by atoms with Gasteiger partial charge in [0.05, 0.1) is 6.10 Å². The van der Waals surface area contributed by atoms with Crippen LogP contribution in [0.15, 0.2) is 0 Å². The average molecular weight is 281 g/mol. The monoisotopic (exact) mass is 281 g/mol. The van der Waals surface area contributed by atoms with E-state index >= 15 is 0 Å². The van der Waals surface area contributed by atoms with Crippen molar-refractivity contribution >= 4 is 5.91 Å². The molecule has 1 aliphatic heterocycles. The molecular formula is C17H31NO2. The van der Waals surface area contributed by atoms with Gasteiger partial charge in [0.15, 0.2) is 0 Å². The zero-order valence-corrected chi connectivity index (χ0v) is 13.2. The second kappa shape index (κ2) is 7.44. The van der Waals surface area contributed by atoms with Gasteiger partial charge in [-0.05, 0) is 38.0 Å². The zero-order valence-electron chi connectivity index (χ0n) is 13.2. The highest BCUT2D eigenvalue weighted by molar-refractivity contribution is 5.77. The van der Waals surface area contributed by atoms with E-state index in [1.54, 1.807) is 0 Å². The number of hydrogen-bond donors (Lipinski definition) is 1. The number of likely N-dealkylation sites (tertiary alicyclic amines) is 1. The second-order valence-corrected chi connectivity index (χ2v) is 6.88. The molecule has 116 valence electrons. The first kappa shape index (κ1) is 15.8. The normalized spacial score (nSPS) is 33.0. The van der Waals surface area contributed by atoms with Crippen molar-refractivity contribution in [3.63, 3.8) is 0 Å². The van der Waals surface area contributed by atoms with E-state index in [4.69, 9.17) is 0 Å². The zero-order chi connectivity index (χ0) is 14.5. The smallest absolute Gasteiger partial charge is 0.223 e. The molecule has 4 unspecified atom stereocenters. The van der Waals surface area contributed by atoms with Gasteiger partial charge >= 0.3 is 0 Å². The number of hydrogen-bond acceptors (Lipinski definition) is 2. The molecule has 4 atom stereocenters. The number of carbonyl (C=O) groups excluding carboxylic acids is 1. The fourth-order valence-corrected chi connectivity index (χ4v) is 3.86. The maximum atomic E-state index is 12.6. The van der Waals surface area contributed by atoms with Gasteiger partial charge in [0.25, 0.3) is 0 Å². The Hall–Kier alpha value is -0.570. The van der Waals surface area contributed by atoms with E-state index in [1.165, 1.54) is 12.8 Å². The third-order valence-electron chi connectivity index (χ3n) is 5.37. The van der Waals surface area contributed by atoms with Crippen molar-refractivity contribution in [2.45, 2.75) is 83.8 Å². The molecule has 2 fully saturated rings. The highest BCUT2D eigenvalue weighted by atomic mass is 16.3. The topological polar surface area (TPSA) is 40.5 Å². The third kappa shape index (κ3) is 3.75. The Labute approximate surface area is 123 Å². The van der Waals surface area contributed by atoms with Crippen LogP contribution in [0.3, 0.4) is 0 Å². The van der Waals surface area contributed by atoms with Crippen LogP contribution in [0.1, 0.15) is 71.6 Å². The maximum absolute atomic E-state index is 12.6. The lowest BCUT2D eigenvalue weighted by Crippen LogP contribution is -2.51. The van der Waals surface area contributed by atoms with Gasteiger partial charge in [-0.2, -0.15) is 0 Å². The summed E-state index contributed by atoms with van der Waals surface area (Å²) >= 11 is 0. The van der Waals surface area contributed by atoms with Crippen LogP contribution in [0, 0.1) is 11.8 Å². The van der Waals surface area contributed by atoms with E-state index in [-0.39, 0.29) is 6.10 Å². The summed E-state index contributed by atoms with van der Waals surface area (Å²) in [6.45, 7) is 5.21. The van der Waals surface area contributed by atoms with Crippen molar-refractivity contribution in [3.05, 3.63) is 0 Å². The molecule has 1 saturated heterocycles. The Bertz CT molecular complexity index is 318. The number of carbonyl (C=O) groups is 1. The van der Waals surface area contributed by atoms with Gasteiger partial charge in [0.1, 0.15) is 0 Å². The van der Waals surface area contributed by atoms with Gasteiger partial charge in [-0.1, -0.05) is 33.1 Å². The Morgan fingerprint density at radius 1 is 1.20 bits per heavy atom.